The first-order valence-corrected chi connectivity index (χ1v) is 10.9. The molecule has 0 aliphatic carbocycles. The van der Waals surface area contributed by atoms with Gasteiger partial charge in [0.25, 0.3) is 5.91 Å². The summed E-state index contributed by atoms with van der Waals surface area (Å²) >= 11 is 1.55. The lowest BCUT2D eigenvalue weighted by Crippen LogP contribution is -2.39. The van der Waals surface area contributed by atoms with E-state index in [0.29, 0.717) is 13.2 Å². The molecule has 1 atom stereocenters. The number of amides is 1. The zero-order valence-corrected chi connectivity index (χ0v) is 18.7. The molecule has 164 valence electrons. The zero-order chi connectivity index (χ0) is 21.8. The highest BCUT2D eigenvalue weighted by molar-refractivity contribution is 7.16. The van der Waals surface area contributed by atoms with Crippen molar-refractivity contribution in [1.29, 1.82) is 0 Å². The molecule has 1 saturated heterocycles. The number of thiophene rings is 1. The summed E-state index contributed by atoms with van der Waals surface area (Å²) in [5.41, 5.74) is 1.99. The summed E-state index contributed by atoms with van der Waals surface area (Å²) in [5.74, 6) is 1.52. The molecule has 8 heteroatoms. The van der Waals surface area contributed by atoms with Gasteiger partial charge in [-0.15, -0.1) is 11.3 Å². The van der Waals surface area contributed by atoms with Crippen molar-refractivity contribution in [3.63, 3.8) is 0 Å². The lowest BCUT2D eigenvalue weighted by atomic mass is 9.96. The minimum atomic E-state index is -0.272. The van der Waals surface area contributed by atoms with E-state index < -0.39 is 0 Å². The first kappa shape index (κ1) is 21.4. The predicted molar refractivity (Wildman–Crippen MR) is 119 cm³/mol. The number of benzene rings is 1. The molecule has 0 radical (unpaired) electrons. The number of hydrogen-bond acceptors (Lipinski definition) is 7. The van der Waals surface area contributed by atoms with Crippen molar-refractivity contribution in [2.45, 2.75) is 13.0 Å². The monoisotopic (exact) mass is 442 g/mol. The maximum Gasteiger partial charge on any atom is 0.291 e. The van der Waals surface area contributed by atoms with Crippen LogP contribution in [0.25, 0.3) is 0 Å². The molecular formula is C23H26N2O5S. The Hall–Kier alpha value is -2.81. The number of hydrogen-bond donors (Lipinski definition) is 1. The van der Waals surface area contributed by atoms with E-state index in [1.807, 2.05) is 25.1 Å². The van der Waals surface area contributed by atoms with Gasteiger partial charge in [0.2, 0.25) is 0 Å². The molecule has 0 bridgehead atoms. The lowest BCUT2D eigenvalue weighted by molar-refractivity contribution is 0.0237. The fraction of sp³-hybridized carbons (Fsp3) is 0.348. The van der Waals surface area contributed by atoms with Gasteiger partial charge in [-0.05, 0) is 43.3 Å². The molecule has 1 amide bonds. The third-order valence-corrected chi connectivity index (χ3v) is 6.27. The molecule has 31 heavy (non-hydrogen) atoms. The Labute approximate surface area is 185 Å². The van der Waals surface area contributed by atoms with Crippen molar-refractivity contribution >= 4 is 22.2 Å². The van der Waals surface area contributed by atoms with E-state index in [2.05, 4.69) is 16.3 Å². The second kappa shape index (κ2) is 9.55. The van der Waals surface area contributed by atoms with Crippen LogP contribution in [0, 0.1) is 6.92 Å². The maximum atomic E-state index is 12.7. The molecule has 0 saturated carbocycles. The number of carbonyl (C=O) groups is 1. The van der Waals surface area contributed by atoms with E-state index in [0.717, 1.165) is 45.6 Å². The Morgan fingerprint density at radius 1 is 1.13 bits per heavy atom. The van der Waals surface area contributed by atoms with Crippen LogP contribution in [0.4, 0.5) is 5.00 Å². The number of anilines is 1. The highest BCUT2D eigenvalue weighted by atomic mass is 32.1. The summed E-state index contributed by atoms with van der Waals surface area (Å²) in [6.45, 7) is 4.88. The summed E-state index contributed by atoms with van der Waals surface area (Å²) < 4.78 is 22.1. The van der Waals surface area contributed by atoms with Gasteiger partial charge in [-0.1, -0.05) is 0 Å². The van der Waals surface area contributed by atoms with Crippen LogP contribution in [0.15, 0.2) is 47.1 Å². The van der Waals surface area contributed by atoms with Crippen LogP contribution >= 0.6 is 11.3 Å². The van der Waals surface area contributed by atoms with Crippen LogP contribution in [0.2, 0.25) is 0 Å². The van der Waals surface area contributed by atoms with E-state index in [9.17, 15) is 4.79 Å². The lowest BCUT2D eigenvalue weighted by Gasteiger charge is -2.35. The fourth-order valence-corrected chi connectivity index (χ4v) is 4.80. The molecule has 1 aromatic carbocycles. The largest absolute Gasteiger partial charge is 0.497 e. The van der Waals surface area contributed by atoms with Gasteiger partial charge in [-0.25, -0.2) is 0 Å². The molecule has 1 aliphatic rings. The molecule has 1 N–H and O–H groups in total. The molecular weight excluding hydrogens is 416 g/mol. The van der Waals surface area contributed by atoms with E-state index in [-0.39, 0.29) is 17.7 Å². The first-order valence-electron chi connectivity index (χ1n) is 10.1. The number of nitrogens with zero attached hydrogens (tertiary/aromatic N) is 1. The van der Waals surface area contributed by atoms with E-state index in [1.165, 1.54) is 6.26 Å². The highest BCUT2D eigenvalue weighted by Gasteiger charge is 2.31. The van der Waals surface area contributed by atoms with Gasteiger partial charge in [0.15, 0.2) is 5.76 Å². The standard InChI is InChI=1S/C23H26N2O5S/c1-15-13-18(23(31-15)24-22(26)20-5-4-10-30-20)21(25-8-11-29-12-9-25)17-14-16(27-2)6-7-19(17)28-3/h4-7,10,13-14,21H,8-9,11-12H2,1-3H3,(H,24,26)/t21-/m1/s1. The van der Waals surface area contributed by atoms with Crippen molar-refractivity contribution in [1.82, 2.24) is 4.90 Å². The number of rotatable bonds is 7. The molecule has 3 heterocycles. The van der Waals surface area contributed by atoms with E-state index in [4.69, 9.17) is 18.6 Å². The second-order valence-corrected chi connectivity index (χ2v) is 8.49. The second-order valence-electron chi connectivity index (χ2n) is 7.23. The maximum absolute atomic E-state index is 12.7. The number of furan rings is 1. The Morgan fingerprint density at radius 3 is 2.61 bits per heavy atom. The summed E-state index contributed by atoms with van der Waals surface area (Å²) in [7, 11) is 3.32. The van der Waals surface area contributed by atoms with Crippen LogP contribution in [-0.2, 0) is 4.74 Å². The number of nitrogens with one attached hydrogen (secondary N) is 1. The zero-order valence-electron chi connectivity index (χ0n) is 17.8. The topological polar surface area (TPSA) is 73.2 Å². The molecule has 0 spiro atoms. The Balaban J connectivity index is 1.79. The first-order chi connectivity index (χ1) is 15.1. The number of methoxy groups -OCH3 is 2. The highest BCUT2D eigenvalue weighted by Crippen LogP contribution is 2.43. The van der Waals surface area contributed by atoms with Crippen molar-refractivity contribution < 1.29 is 23.4 Å². The number of carbonyl (C=O) groups excluding carboxylic acids is 1. The smallest absolute Gasteiger partial charge is 0.291 e. The number of ether oxygens (including phenoxy) is 3. The average molecular weight is 443 g/mol. The average Bonchev–Trinajstić information content (AvgIpc) is 3.45. The fourth-order valence-electron chi connectivity index (χ4n) is 3.86. The van der Waals surface area contributed by atoms with Crippen molar-refractivity contribution in [2.24, 2.45) is 0 Å². The van der Waals surface area contributed by atoms with Gasteiger partial charge in [0.05, 0.1) is 39.7 Å². The van der Waals surface area contributed by atoms with Gasteiger partial charge >= 0.3 is 0 Å². The molecule has 1 aliphatic heterocycles. The van der Waals surface area contributed by atoms with E-state index >= 15 is 0 Å². The van der Waals surface area contributed by atoms with Crippen molar-refractivity contribution in [3.8, 4) is 11.5 Å². The van der Waals surface area contributed by atoms with Gasteiger partial charge in [0, 0.05) is 29.1 Å². The van der Waals surface area contributed by atoms with Crippen LogP contribution in [0.3, 0.4) is 0 Å². The predicted octanol–water partition coefficient (Wildman–Crippen LogP) is 4.34. The molecule has 2 aromatic heterocycles. The molecule has 1 fully saturated rings. The minimum absolute atomic E-state index is 0.134. The normalized spacial score (nSPS) is 15.5. The summed E-state index contributed by atoms with van der Waals surface area (Å²) in [5, 5.41) is 3.84. The van der Waals surface area contributed by atoms with Crippen LogP contribution < -0.4 is 14.8 Å². The van der Waals surface area contributed by atoms with Crippen molar-refractivity contribution in [2.75, 3.05) is 45.8 Å². The Morgan fingerprint density at radius 2 is 1.94 bits per heavy atom. The molecule has 7 nitrogen and oxygen atoms in total. The van der Waals surface area contributed by atoms with Gasteiger partial charge in [-0.3, -0.25) is 9.69 Å². The molecule has 3 aromatic rings. The third kappa shape index (κ3) is 4.61. The quantitative estimate of drug-likeness (QED) is 0.587. The van der Waals surface area contributed by atoms with Gasteiger partial charge in [-0.2, -0.15) is 0 Å². The van der Waals surface area contributed by atoms with Crippen LogP contribution in [0.5, 0.6) is 11.5 Å². The van der Waals surface area contributed by atoms with Gasteiger partial charge in [0.1, 0.15) is 16.5 Å². The van der Waals surface area contributed by atoms with Crippen molar-refractivity contribution in [3.05, 3.63) is 64.4 Å². The summed E-state index contributed by atoms with van der Waals surface area (Å²) in [6.07, 6.45) is 1.49. The SMILES string of the molecule is COc1ccc(OC)c([C@H](c2cc(C)sc2NC(=O)c2ccco2)N2CCOCC2)c1. The Bertz CT molecular complexity index is 1020. The summed E-state index contributed by atoms with van der Waals surface area (Å²) in [4.78, 5) is 16.2. The van der Waals surface area contributed by atoms with Crippen LogP contribution in [0.1, 0.15) is 32.6 Å². The molecule has 4 rings (SSSR count). The number of morpholine rings is 1. The number of aryl methyl sites for hydroxylation is 1. The minimum Gasteiger partial charge on any atom is -0.497 e. The summed E-state index contributed by atoms with van der Waals surface area (Å²) in [6, 6.07) is 11.2. The molecule has 0 unspecified atom stereocenters. The van der Waals surface area contributed by atoms with Crippen LogP contribution in [-0.4, -0.2) is 51.3 Å². The van der Waals surface area contributed by atoms with Gasteiger partial charge < -0.3 is 23.9 Å². The van der Waals surface area contributed by atoms with E-state index in [1.54, 1.807) is 37.7 Å². The Kier molecular flexibility index (Phi) is 6.60. The third-order valence-electron chi connectivity index (χ3n) is 5.29.